The Bertz CT molecular complexity index is 1020. The average Bonchev–Trinajstić information content (AvgIpc) is 3.07. The van der Waals surface area contributed by atoms with Gasteiger partial charge in [0.05, 0.1) is 5.69 Å². The van der Waals surface area contributed by atoms with Gasteiger partial charge in [-0.15, -0.1) is 5.10 Å². The molecule has 0 unspecified atom stereocenters. The lowest BCUT2D eigenvalue weighted by molar-refractivity contribution is 0.0478. The van der Waals surface area contributed by atoms with E-state index in [1.807, 2.05) is 26.0 Å². The van der Waals surface area contributed by atoms with Gasteiger partial charge in [0.2, 0.25) is 0 Å². The Morgan fingerprint density at radius 3 is 2.77 bits per heavy atom. The highest BCUT2D eigenvalue weighted by Crippen LogP contribution is 2.27. The molecular formula is C19H20N2O4S. The van der Waals surface area contributed by atoms with Crippen LogP contribution in [0.1, 0.15) is 58.7 Å². The van der Waals surface area contributed by atoms with Gasteiger partial charge in [-0.05, 0) is 54.1 Å². The third kappa shape index (κ3) is 3.53. The summed E-state index contributed by atoms with van der Waals surface area (Å²) < 4.78 is 14.5. The molecule has 0 radical (unpaired) electrons. The van der Waals surface area contributed by atoms with Gasteiger partial charge in [-0.1, -0.05) is 25.3 Å². The lowest BCUT2D eigenvalue weighted by Gasteiger charge is -2.13. The summed E-state index contributed by atoms with van der Waals surface area (Å²) in [5.74, 6) is -0.147. The third-order valence-electron chi connectivity index (χ3n) is 4.27. The Balaban J connectivity index is 1.95. The molecule has 0 amide bonds. The number of rotatable bonds is 5. The second-order valence-electron chi connectivity index (χ2n) is 6.43. The minimum absolute atomic E-state index is 0.0113. The van der Waals surface area contributed by atoms with Crippen molar-refractivity contribution in [2.24, 2.45) is 0 Å². The normalized spacial score (nSPS) is 11.3. The predicted octanol–water partition coefficient (Wildman–Crippen LogP) is 4.00. The predicted molar refractivity (Wildman–Crippen MR) is 99.7 cm³/mol. The van der Waals surface area contributed by atoms with Crippen LogP contribution in [0.25, 0.3) is 11.0 Å². The molecular weight excluding hydrogens is 352 g/mol. The van der Waals surface area contributed by atoms with Crippen LogP contribution >= 0.6 is 11.5 Å². The summed E-state index contributed by atoms with van der Waals surface area (Å²) in [5, 5.41) is 4.70. The fourth-order valence-corrected chi connectivity index (χ4v) is 3.58. The highest BCUT2D eigenvalue weighted by atomic mass is 32.1. The second-order valence-corrected chi connectivity index (χ2v) is 7.18. The van der Waals surface area contributed by atoms with Gasteiger partial charge < -0.3 is 9.15 Å². The van der Waals surface area contributed by atoms with Crippen molar-refractivity contribution in [2.45, 2.75) is 46.6 Å². The number of aromatic nitrogens is 2. The zero-order valence-corrected chi connectivity index (χ0v) is 16.0. The third-order valence-corrected chi connectivity index (χ3v) is 5.02. The SMILES string of the molecule is CCc1nnsc1C(=O)OCc1cc(=O)oc2cc(C)c(C(C)C)cc12. The molecule has 0 saturated heterocycles. The van der Waals surface area contributed by atoms with Gasteiger partial charge in [0, 0.05) is 17.0 Å². The molecule has 0 aliphatic heterocycles. The van der Waals surface area contributed by atoms with E-state index in [0.29, 0.717) is 34.1 Å². The van der Waals surface area contributed by atoms with E-state index < -0.39 is 11.6 Å². The Kier molecular flexibility index (Phi) is 5.18. The van der Waals surface area contributed by atoms with Crippen LogP contribution in [0.4, 0.5) is 0 Å². The van der Waals surface area contributed by atoms with E-state index in [0.717, 1.165) is 22.5 Å². The molecule has 2 heterocycles. The average molecular weight is 372 g/mol. The molecule has 7 heteroatoms. The molecule has 26 heavy (non-hydrogen) atoms. The summed E-state index contributed by atoms with van der Waals surface area (Å²) >= 11 is 1.02. The summed E-state index contributed by atoms with van der Waals surface area (Å²) in [6.07, 6.45) is 0.607. The minimum atomic E-state index is -0.477. The van der Waals surface area contributed by atoms with Crippen LogP contribution < -0.4 is 5.63 Å². The van der Waals surface area contributed by atoms with E-state index in [-0.39, 0.29) is 6.61 Å². The first-order chi connectivity index (χ1) is 12.4. The number of benzene rings is 1. The van der Waals surface area contributed by atoms with Gasteiger partial charge in [-0.2, -0.15) is 0 Å². The number of aryl methyl sites for hydroxylation is 2. The molecule has 0 aliphatic rings. The summed E-state index contributed by atoms with van der Waals surface area (Å²) in [6.45, 7) is 8.10. The molecule has 3 aromatic rings. The molecule has 3 rings (SSSR count). The maximum Gasteiger partial charge on any atom is 0.352 e. The molecule has 136 valence electrons. The fraction of sp³-hybridized carbons (Fsp3) is 0.368. The fourth-order valence-electron chi connectivity index (χ4n) is 2.94. The first-order valence-corrected chi connectivity index (χ1v) is 9.23. The lowest BCUT2D eigenvalue weighted by atomic mass is 9.95. The monoisotopic (exact) mass is 372 g/mol. The molecule has 0 N–H and O–H groups in total. The van der Waals surface area contributed by atoms with Crippen molar-refractivity contribution in [1.29, 1.82) is 0 Å². The number of fused-ring (bicyclic) bond motifs is 1. The zero-order chi connectivity index (χ0) is 18.8. The van der Waals surface area contributed by atoms with E-state index >= 15 is 0 Å². The summed E-state index contributed by atoms with van der Waals surface area (Å²) in [4.78, 5) is 24.6. The Morgan fingerprint density at radius 1 is 1.31 bits per heavy atom. The summed E-state index contributed by atoms with van der Waals surface area (Å²) in [7, 11) is 0. The van der Waals surface area contributed by atoms with Gasteiger partial charge in [0.25, 0.3) is 0 Å². The van der Waals surface area contributed by atoms with E-state index in [1.54, 1.807) is 0 Å². The number of esters is 1. The quantitative estimate of drug-likeness (QED) is 0.497. The first-order valence-electron chi connectivity index (χ1n) is 8.46. The summed E-state index contributed by atoms with van der Waals surface area (Å²) in [6, 6.07) is 5.24. The standard InChI is InChI=1S/C19H20N2O4S/c1-5-15-18(26-21-20-15)19(23)24-9-12-7-17(22)25-16-6-11(4)13(10(2)3)8-14(12)16/h6-8,10H,5,9H2,1-4H3. The highest BCUT2D eigenvalue weighted by Gasteiger charge is 2.18. The Labute approximate surface area is 155 Å². The minimum Gasteiger partial charge on any atom is -0.457 e. The topological polar surface area (TPSA) is 82.3 Å². The van der Waals surface area contributed by atoms with Gasteiger partial charge in [0.15, 0.2) is 4.88 Å². The largest absolute Gasteiger partial charge is 0.457 e. The molecule has 6 nitrogen and oxygen atoms in total. The van der Waals surface area contributed by atoms with Crippen LogP contribution in [0.3, 0.4) is 0 Å². The first kappa shape index (κ1) is 18.3. The van der Waals surface area contributed by atoms with Gasteiger partial charge in [-0.25, -0.2) is 9.59 Å². The molecule has 2 aromatic heterocycles. The maximum atomic E-state index is 12.3. The molecule has 0 spiro atoms. The molecule has 0 aliphatic carbocycles. The molecule has 0 saturated carbocycles. The highest BCUT2D eigenvalue weighted by molar-refractivity contribution is 7.07. The van der Waals surface area contributed by atoms with Crippen LogP contribution in [0.5, 0.6) is 0 Å². The van der Waals surface area contributed by atoms with Crippen molar-refractivity contribution >= 4 is 28.5 Å². The van der Waals surface area contributed by atoms with E-state index in [9.17, 15) is 9.59 Å². The number of hydrogen-bond acceptors (Lipinski definition) is 7. The molecule has 0 atom stereocenters. The summed E-state index contributed by atoms with van der Waals surface area (Å²) in [5.41, 5.74) is 3.51. The van der Waals surface area contributed by atoms with Gasteiger partial charge in [0.1, 0.15) is 12.2 Å². The van der Waals surface area contributed by atoms with Crippen LogP contribution in [-0.2, 0) is 17.8 Å². The Hall–Kier alpha value is -2.54. The van der Waals surface area contributed by atoms with Crippen LogP contribution in [-0.4, -0.2) is 15.6 Å². The van der Waals surface area contributed by atoms with Crippen LogP contribution in [0.2, 0.25) is 0 Å². The van der Waals surface area contributed by atoms with E-state index in [1.165, 1.54) is 11.6 Å². The molecule has 1 aromatic carbocycles. The van der Waals surface area contributed by atoms with Crippen molar-refractivity contribution in [1.82, 2.24) is 9.59 Å². The smallest absolute Gasteiger partial charge is 0.352 e. The number of nitrogens with zero attached hydrogens (tertiary/aromatic N) is 2. The van der Waals surface area contributed by atoms with Crippen molar-refractivity contribution < 1.29 is 13.9 Å². The van der Waals surface area contributed by atoms with Crippen LogP contribution in [0, 0.1) is 6.92 Å². The van der Waals surface area contributed by atoms with E-state index in [4.69, 9.17) is 9.15 Å². The van der Waals surface area contributed by atoms with Gasteiger partial charge >= 0.3 is 11.6 Å². The van der Waals surface area contributed by atoms with Crippen molar-refractivity contribution in [3.05, 3.63) is 55.9 Å². The number of hydrogen-bond donors (Lipinski definition) is 0. The van der Waals surface area contributed by atoms with Gasteiger partial charge in [-0.3, -0.25) is 0 Å². The number of ether oxygens (including phenoxy) is 1. The maximum absolute atomic E-state index is 12.3. The van der Waals surface area contributed by atoms with Crippen molar-refractivity contribution in [3.63, 3.8) is 0 Å². The zero-order valence-electron chi connectivity index (χ0n) is 15.2. The van der Waals surface area contributed by atoms with Crippen LogP contribution in [0.15, 0.2) is 27.4 Å². The van der Waals surface area contributed by atoms with Crippen molar-refractivity contribution in [2.75, 3.05) is 0 Å². The molecule has 0 bridgehead atoms. The number of carbonyl (C=O) groups excluding carboxylic acids is 1. The van der Waals surface area contributed by atoms with Crippen molar-refractivity contribution in [3.8, 4) is 0 Å². The number of carbonyl (C=O) groups is 1. The second kappa shape index (κ2) is 7.37. The lowest BCUT2D eigenvalue weighted by Crippen LogP contribution is -2.09. The Morgan fingerprint density at radius 2 is 2.08 bits per heavy atom. The molecule has 0 fully saturated rings. The van der Waals surface area contributed by atoms with E-state index in [2.05, 4.69) is 23.4 Å².